The molecule has 0 N–H and O–H groups in total. The first-order valence-electron chi connectivity index (χ1n) is 15.1. The summed E-state index contributed by atoms with van der Waals surface area (Å²) in [6.45, 7) is 4.44. The van der Waals surface area contributed by atoms with Crippen LogP contribution in [0.2, 0.25) is 0 Å². The third-order valence-corrected chi connectivity index (χ3v) is 8.26. The predicted molar refractivity (Wildman–Crippen MR) is 153 cm³/mol. The van der Waals surface area contributed by atoms with Crippen LogP contribution in [0.5, 0.6) is 11.5 Å². The van der Waals surface area contributed by atoms with Crippen LogP contribution in [0, 0.1) is 0 Å². The number of esters is 4. The molecule has 4 aliphatic rings. The lowest BCUT2D eigenvalue weighted by Gasteiger charge is -2.45. The Balaban J connectivity index is 1.53. The summed E-state index contributed by atoms with van der Waals surface area (Å²) < 4.78 is 50.7. The van der Waals surface area contributed by atoms with Crippen molar-refractivity contribution >= 4 is 35.6 Å². The Bertz CT molecular complexity index is 1430. The summed E-state index contributed by atoms with van der Waals surface area (Å²) in [5.41, 5.74) is 1.37. The van der Waals surface area contributed by atoms with Crippen LogP contribution in [0.3, 0.4) is 0 Å². The Morgan fingerprint density at radius 3 is 2.17 bits per heavy atom. The Labute approximate surface area is 269 Å². The standard InChI is InChI=1S/C31H37NO15/c1-14(33)40-12-25-26(43-15(2)34)28(39-5)29(45-17(4)36)31(47-25)46-24-10-21(37)19-6-7-32(30(38)27(24)44-16(3)35)11-18-8-22-23(9-20(18)19)42-13-41-22/h8-9,19,24-29,31H,6-7,10-13H2,1-5H3/t19-,24+,25+,26+,27-,28-,29+,31+/m0/s1. The van der Waals surface area contributed by atoms with E-state index in [2.05, 4.69) is 0 Å². The Morgan fingerprint density at radius 2 is 1.53 bits per heavy atom. The van der Waals surface area contributed by atoms with Crippen LogP contribution < -0.4 is 9.47 Å². The maximum absolute atomic E-state index is 14.1. The molecule has 4 heterocycles. The molecule has 0 unspecified atom stereocenters. The van der Waals surface area contributed by atoms with Crippen molar-refractivity contribution in [2.24, 2.45) is 0 Å². The molecule has 0 radical (unpaired) electrons. The number of ether oxygens (including phenoxy) is 9. The summed E-state index contributed by atoms with van der Waals surface area (Å²) >= 11 is 0. The molecule has 16 nitrogen and oxygen atoms in total. The van der Waals surface area contributed by atoms with E-state index in [4.69, 9.17) is 42.6 Å². The molecule has 8 atom stereocenters. The molecule has 2 bridgehead atoms. The Kier molecular flexibility index (Phi) is 10.3. The number of amides is 1. The molecule has 0 saturated carbocycles. The number of hydrogen-bond donors (Lipinski definition) is 0. The fourth-order valence-corrected chi connectivity index (χ4v) is 6.33. The first kappa shape index (κ1) is 34.1. The van der Waals surface area contributed by atoms with Crippen molar-refractivity contribution in [3.8, 4) is 11.5 Å². The second kappa shape index (κ2) is 14.2. The Hall–Kier alpha value is -4.28. The van der Waals surface area contributed by atoms with Gasteiger partial charge in [-0.15, -0.1) is 0 Å². The van der Waals surface area contributed by atoms with Crippen LogP contribution in [0.25, 0.3) is 0 Å². The fraction of sp³-hybridized carbons (Fsp3) is 0.613. The molecule has 0 spiro atoms. The lowest BCUT2D eigenvalue weighted by Crippen LogP contribution is -2.63. The highest BCUT2D eigenvalue weighted by atomic mass is 16.7. The average Bonchev–Trinajstić information content (AvgIpc) is 3.38. The largest absolute Gasteiger partial charge is 0.463 e. The topological polar surface area (TPSA) is 189 Å². The van der Waals surface area contributed by atoms with Gasteiger partial charge in [-0.25, -0.2) is 0 Å². The van der Waals surface area contributed by atoms with Crippen molar-refractivity contribution < 1.29 is 71.4 Å². The molecule has 16 heteroatoms. The van der Waals surface area contributed by atoms with Gasteiger partial charge in [-0.2, -0.15) is 0 Å². The van der Waals surface area contributed by atoms with Crippen LogP contribution in [0.1, 0.15) is 57.6 Å². The van der Waals surface area contributed by atoms with Gasteiger partial charge in [0.15, 0.2) is 30.0 Å². The van der Waals surface area contributed by atoms with Crippen LogP contribution in [0.15, 0.2) is 12.1 Å². The number of benzene rings is 1. The summed E-state index contributed by atoms with van der Waals surface area (Å²) in [6, 6.07) is 3.49. The highest BCUT2D eigenvalue weighted by molar-refractivity contribution is 5.91. The molecule has 0 aromatic heterocycles. The van der Waals surface area contributed by atoms with Crippen LogP contribution >= 0.6 is 0 Å². The van der Waals surface area contributed by atoms with Crippen molar-refractivity contribution in [1.82, 2.24) is 4.90 Å². The molecule has 1 aromatic carbocycles. The van der Waals surface area contributed by atoms with Gasteiger partial charge in [-0.1, -0.05) is 0 Å². The second-order valence-electron chi connectivity index (χ2n) is 11.6. The fourth-order valence-electron chi connectivity index (χ4n) is 6.33. The zero-order valence-electron chi connectivity index (χ0n) is 26.6. The van der Waals surface area contributed by atoms with E-state index in [1.807, 2.05) is 0 Å². The number of carbonyl (C=O) groups is 6. The van der Waals surface area contributed by atoms with E-state index < -0.39 is 91.6 Å². The zero-order valence-corrected chi connectivity index (χ0v) is 26.6. The molecule has 5 rings (SSSR count). The molecule has 0 aliphatic carbocycles. The van der Waals surface area contributed by atoms with E-state index in [0.29, 0.717) is 22.6 Å². The molecule has 2 fully saturated rings. The number of ketones is 1. The number of hydrogen-bond acceptors (Lipinski definition) is 15. The van der Waals surface area contributed by atoms with Crippen molar-refractivity contribution in [3.05, 3.63) is 23.3 Å². The minimum atomic E-state index is -1.61. The third kappa shape index (κ3) is 7.49. The molecule has 256 valence electrons. The highest BCUT2D eigenvalue weighted by Gasteiger charge is 2.53. The van der Waals surface area contributed by atoms with Crippen LogP contribution in [-0.2, 0) is 68.5 Å². The molecule has 47 heavy (non-hydrogen) atoms. The molecule has 4 aliphatic heterocycles. The van der Waals surface area contributed by atoms with Gasteiger partial charge in [-0.05, 0) is 29.7 Å². The van der Waals surface area contributed by atoms with Crippen LogP contribution in [-0.4, -0.2) is 110 Å². The predicted octanol–water partition coefficient (Wildman–Crippen LogP) is 0.687. The quantitative estimate of drug-likeness (QED) is 0.279. The van der Waals surface area contributed by atoms with E-state index in [9.17, 15) is 28.8 Å². The summed E-state index contributed by atoms with van der Waals surface area (Å²) in [5, 5.41) is 0. The summed E-state index contributed by atoms with van der Waals surface area (Å²) in [6.07, 6.45) is -9.79. The maximum Gasteiger partial charge on any atom is 0.303 e. The molecule has 2 saturated heterocycles. The monoisotopic (exact) mass is 663 g/mol. The van der Waals surface area contributed by atoms with Crippen molar-refractivity contribution in [2.75, 3.05) is 27.1 Å². The van der Waals surface area contributed by atoms with E-state index in [1.54, 1.807) is 12.1 Å². The zero-order chi connectivity index (χ0) is 34.0. The van der Waals surface area contributed by atoms with Crippen molar-refractivity contribution in [2.45, 2.75) is 95.9 Å². The van der Waals surface area contributed by atoms with Crippen molar-refractivity contribution in [1.29, 1.82) is 0 Å². The van der Waals surface area contributed by atoms with Gasteiger partial charge in [0.2, 0.25) is 12.9 Å². The van der Waals surface area contributed by atoms with Gasteiger partial charge in [0.1, 0.15) is 30.7 Å². The highest BCUT2D eigenvalue weighted by Crippen LogP contribution is 2.42. The van der Waals surface area contributed by atoms with E-state index in [1.165, 1.54) is 18.9 Å². The lowest BCUT2D eigenvalue weighted by molar-refractivity contribution is -0.322. The first-order chi connectivity index (χ1) is 22.4. The number of methoxy groups -OCH3 is 1. The third-order valence-electron chi connectivity index (χ3n) is 8.26. The number of fused-ring (bicyclic) bond motifs is 6. The minimum absolute atomic E-state index is 0.0219. The minimum Gasteiger partial charge on any atom is -0.463 e. The van der Waals surface area contributed by atoms with Gasteiger partial charge in [-0.3, -0.25) is 28.8 Å². The molecule has 1 aromatic rings. The molecular weight excluding hydrogens is 626 g/mol. The number of Topliss-reactive ketones (excluding diaryl/α,β-unsaturated/α-hetero) is 1. The normalized spacial score (nSPS) is 29.9. The van der Waals surface area contributed by atoms with Crippen LogP contribution in [0.4, 0.5) is 0 Å². The number of carbonyl (C=O) groups excluding carboxylic acids is 6. The van der Waals surface area contributed by atoms with E-state index in [-0.39, 0.29) is 32.1 Å². The van der Waals surface area contributed by atoms with Gasteiger partial charge in [0.05, 0.1) is 0 Å². The lowest BCUT2D eigenvalue weighted by atomic mass is 9.86. The molecule has 1 amide bonds. The molecular formula is C31H37NO15. The Morgan fingerprint density at radius 1 is 0.872 bits per heavy atom. The average molecular weight is 664 g/mol. The SMILES string of the molecule is CO[C@@H]1[C@@H](OC(C)=O)[C@H](O[C@@H]2CC(=O)[C@H]3CCN(Cc4cc5c(cc43)OCO5)C(=O)[C@H]2OC(C)=O)O[C@H](COC(C)=O)[C@H]1OC(C)=O. The summed E-state index contributed by atoms with van der Waals surface area (Å²) in [7, 11) is 1.27. The van der Waals surface area contributed by atoms with Gasteiger partial charge in [0, 0.05) is 60.2 Å². The van der Waals surface area contributed by atoms with E-state index in [0.717, 1.165) is 20.8 Å². The van der Waals surface area contributed by atoms with E-state index >= 15 is 0 Å². The first-order valence-corrected chi connectivity index (χ1v) is 15.1. The smallest absolute Gasteiger partial charge is 0.303 e. The van der Waals surface area contributed by atoms with Gasteiger partial charge < -0.3 is 47.5 Å². The van der Waals surface area contributed by atoms with Gasteiger partial charge in [0.25, 0.3) is 5.91 Å². The summed E-state index contributed by atoms with van der Waals surface area (Å²) in [4.78, 5) is 78.0. The van der Waals surface area contributed by atoms with Crippen molar-refractivity contribution in [3.63, 3.8) is 0 Å². The maximum atomic E-state index is 14.1. The van der Waals surface area contributed by atoms with Gasteiger partial charge >= 0.3 is 23.9 Å². The second-order valence-corrected chi connectivity index (χ2v) is 11.6. The number of rotatable bonds is 8. The summed E-state index contributed by atoms with van der Waals surface area (Å²) in [5.74, 6) is -3.60. The number of nitrogens with zero attached hydrogens (tertiary/aromatic N) is 1.